The van der Waals surface area contributed by atoms with Crippen LogP contribution in [-0.4, -0.2) is 10.9 Å². The number of carbonyl (C=O) groups excluding carboxylic acids is 1. The summed E-state index contributed by atoms with van der Waals surface area (Å²) in [6.07, 6.45) is 0.867. The van der Waals surface area contributed by atoms with Crippen LogP contribution in [0, 0.1) is 6.92 Å². The first-order chi connectivity index (χ1) is 6.66. The van der Waals surface area contributed by atoms with E-state index in [4.69, 9.17) is 11.6 Å². The molecule has 1 heterocycles. The molecule has 0 aliphatic heterocycles. The number of rotatable bonds is 1. The van der Waals surface area contributed by atoms with Crippen molar-refractivity contribution in [3.63, 3.8) is 0 Å². The SMILES string of the molecule is Cc1c(C=O)n(C)c2c(Cl)cccc12. The van der Waals surface area contributed by atoms with Gasteiger partial charge in [-0.25, -0.2) is 0 Å². The van der Waals surface area contributed by atoms with E-state index >= 15 is 0 Å². The van der Waals surface area contributed by atoms with Gasteiger partial charge in [0.2, 0.25) is 0 Å². The average molecular weight is 208 g/mol. The highest BCUT2D eigenvalue weighted by Gasteiger charge is 2.12. The minimum atomic E-state index is 0.682. The number of hydrogen-bond donors (Lipinski definition) is 0. The highest BCUT2D eigenvalue weighted by atomic mass is 35.5. The molecule has 0 saturated heterocycles. The zero-order valence-electron chi connectivity index (χ0n) is 8.04. The van der Waals surface area contributed by atoms with Crippen LogP contribution in [0.25, 0.3) is 10.9 Å². The summed E-state index contributed by atoms with van der Waals surface area (Å²) < 4.78 is 1.83. The third-order valence-corrected chi connectivity index (χ3v) is 2.89. The van der Waals surface area contributed by atoms with E-state index in [0.29, 0.717) is 10.7 Å². The summed E-state index contributed by atoms with van der Waals surface area (Å²) in [6.45, 7) is 1.93. The molecule has 0 spiro atoms. The van der Waals surface area contributed by atoms with Gasteiger partial charge in [-0.05, 0) is 18.6 Å². The third kappa shape index (κ3) is 1.07. The van der Waals surface area contributed by atoms with Crippen molar-refractivity contribution in [3.05, 3.63) is 34.5 Å². The Bertz CT molecular complexity index is 513. The summed E-state index contributed by atoms with van der Waals surface area (Å²) in [5.41, 5.74) is 2.60. The first-order valence-electron chi connectivity index (χ1n) is 4.35. The quantitative estimate of drug-likeness (QED) is 0.659. The predicted molar refractivity (Wildman–Crippen MR) is 58.1 cm³/mol. The minimum absolute atomic E-state index is 0.682. The molecule has 1 aromatic carbocycles. The predicted octanol–water partition coefficient (Wildman–Crippen LogP) is 2.95. The van der Waals surface area contributed by atoms with Crippen molar-refractivity contribution >= 4 is 28.8 Å². The molecule has 14 heavy (non-hydrogen) atoms. The molecule has 0 radical (unpaired) electrons. The number of hydrogen-bond acceptors (Lipinski definition) is 1. The lowest BCUT2D eigenvalue weighted by Crippen LogP contribution is -1.95. The normalized spacial score (nSPS) is 10.8. The van der Waals surface area contributed by atoms with Crippen LogP contribution in [0.5, 0.6) is 0 Å². The Balaban J connectivity index is 3.01. The van der Waals surface area contributed by atoms with Gasteiger partial charge in [0.1, 0.15) is 0 Å². The van der Waals surface area contributed by atoms with E-state index in [0.717, 1.165) is 22.8 Å². The Hall–Kier alpha value is -1.28. The summed E-state index contributed by atoms with van der Waals surface area (Å²) in [5.74, 6) is 0. The van der Waals surface area contributed by atoms with Crippen LogP contribution in [0.15, 0.2) is 18.2 Å². The van der Waals surface area contributed by atoms with Crippen molar-refractivity contribution in [2.45, 2.75) is 6.92 Å². The van der Waals surface area contributed by atoms with Gasteiger partial charge in [0.05, 0.1) is 16.2 Å². The topological polar surface area (TPSA) is 22.0 Å². The Kier molecular flexibility index (Phi) is 2.08. The van der Waals surface area contributed by atoms with E-state index in [1.807, 2.05) is 36.7 Å². The highest BCUT2D eigenvalue weighted by Crippen LogP contribution is 2.29. The van der Waals surface area contributed by atoms with Gasteiger partial charge in [-0.1, -0.05) is 23.7 Å². The van der Waals surface area contributed by atoms with Gasteiger partial charge in [0, 0.05) is 12.4 Å². The maximum Gasteiger partial charge on any atom is 0.166 e. The molecule has 3 heteroatoms. The van der Waals surface area contributed by atoms with Crippen LogP contribution >= 0.6 is 11.6 Å². The molecule has 72 valence electrons. The van der Waals surface area contributed by atoms with E-state index < -0.39 is 0 Å². The Morgan fingerprint density at radius 1 is 1.43 bits per heavy atom. The molecule has 2 nitrogen and oxygen atoms in total. The first-order valence-corrected chi connectivity index (χ1v) is 4.73. The number of halogens is 1. The van der Waals surface area contributed by atoms with Crippen molar-refractivity contribution in [2.75, 3.05) is 0 Å². The van der Waals surface area contributed by atoms with E-state index in [2.05, 4.69) is 0 Å². The standard InChI is InChI=1S/C11H10ClNO/c1-7-8-4-3-5-9(12)11(8)13(2)10(7)6-14/h3-6H,1-2H3. The minimum Gasteiger partial charge on any atom is -0.340 e. The van der Waals surface area contributed by atoms with Crippen molar-refractivity contribution in [1.82, 2.24) is 4.57 Å². The van der Waals surface area contributed by atoms with Gasteiger partial charge in [-0.3, -0.25) is 4.79 Å². The number of aldehydes is 1. The second kappa shape index (κ2) is 3.14. The lowest BCUT2D eigenvalue weighted by atomic mass is 10.1. The largest absolute Gasteiger partial charge is 0.340 e. The number of benzene rings is 1. The molecule has 0 amide bonds. The van der Waals surface area contributed by atoms with Gasteiger partial charge in [0.25, 0.3) is 0 Å². The molecule has 0 fully saturated rings. The van der Waals surface area contributed by atoms with E-state index in [1.165, 1.54) is 0 Å². The van der Waals surface area contributed by atoms with E-state index in [-0.39, 0.29) is 0 Å². The maximum atomic E-state index is 10.9. The molecule has 0 aliphatic rings. The van der Waals surface area contributed by atoms with Crippen molar-refractivity contribution in [2.24, 2.45) is 7.05 Å². The highest BCUT2D eigenvalue weighted by molar-refractivity contribution is 6.35. The maximum absolute atomic E-state index is 10.9. The van der Waals surface area contributed by atoms with Gasteiger partial charge in [-0.15, -0.1) is 0 Å². The summed E-state index contributed by atoms with van der Waals surface area (Å²) in [7, 11) is 1.85. The zero-order chi connectivity index (χ0) is 10.3. The fourth-order valence-electron chi connectivity index (χ4n) is 1.84. The van der Waals surface area contributed by atoms with Crippen molar-refractivity contribution in [3.8, 4) is 0 Å². The molecule has 0 aliphatic carbocycles. The van der Waals surface area contributed by atoms with E-state index in [9.17, 15) is 4.79 Å². The Morgan fingerprint density at radius 2 is 2.14 bits per heavy atom. The first kappa shape index (κ1) is 9.28. The fourth-order valence-corrected chi connectivity index (χ4v) is 2.14. The molecule has 0 saturated carbocycles. The smallest absolute Gasteiger partial charge is 0.166 e. The molecule has 0 unspecified atom stereocenters. The van der Waals surface area contributed by atoms with Crippen LogP contribution in [0.1, 0.15) is 16.1 Å². The van der Waals surface area contributed by atoms with Crippen molar-refractivity contribution in [1.29, 1.82) is 0 Å². The van der Waals surface area contributed by atoms with E-state index in [1.54, 1.807) is 0 Å². The summed E-state index contributed by atoms with van der Waals surface area (Å²) in [6, 6.07) is 5.70. The van der Waals surface area contributed by atoms with Crippen LogP contribution in [0.2, 0.25) is 5.02 Å². The number of nitrogens with zero attached hydrogens (tertiary/aromatic N) is 1. The van der Waals surface area contributed by atoms with Crippen LogP contribution in [-0.2, 0) is 7.05 Å². The van der Waals surface area contributed by atoms with Crippen LogP contribution in [0.4, 0.5) is 0 Å². The number of aryl methyl sites for hydroxylation is 2. The molecule has 1 aromatic heterocycles. The second-order valence-corrected chi connectivity index (χ2v) is 3.73. The Morgan fingerprint density at radius 3 is 2.71 bits per heavy atom. The summed E-state index contributed by atoms with van der Waals surface area (Å²) >= 11 is 6.07. The molecule has 2 rings (SSSR count). The number of fused-ring (bicyclic) bond motifs is 1. The van der Waals surface area contributed by atoms with Gasteiger partial charge < -0.3 is 4.57 Å². The molecule has 2 aromatic rings. The third-order valence-electron chi connectivity index (χ3n) is 2.58. The number of para-hydroxylation sites is 1. The molecule has 0 bridgehead atoms. The van der Waals surface area contributed by atoms with Gasteiger partial charge >= 0.3 is 0 Å². The number of carbonyl (C=O) groups is 1. The Labute approximate surface area is 87.1 Å². The second-order valence-electron chi connectivity index (χ2n) is 3.32. The fraction of sp³-hybridized carbons (Fsp3) is 0.182. The zero-order valence-corrected chi connectivity index (χ0v) is 8.80. The molecule has 0 N–H and O–H groups in total. The van der Waals surface area contributed by atoms with Crippen molar-refractivity contribution < 1.29 is 4.79 Å². The number of aromatic nitrogens is 1. The lowest BCUT2D eigenvalue weighted by Gasteiger charge is -1.99. The van der Waals surface area contributed by atoms with Crippen LogP contribution < -0.4 is 0 Å². The average Bonchev–Trinajstić information content (AvgIpc) is 2.41. The van der Waals surface area contributed by atoms with Crippen LogP contribution in [0.3, 0.4) is 0 Å². The summed E-state index contributed by atoms with van der Waals surface area (Å²) in [4.78, 5) is 10.9. The van der Waals surface area contributed by atoms with Gasteiger partial charge in [-0.2, -0.15) is 0 Å². The monoisotopic (exact) mass is 207 g/mol. The molecular weight excluding hydrogens is 198 g/mol. The van der Waals surface area contributed by atoms with Gasteiger partial charge in [0.15, 0.2) is 6.29 Å². The molecular formula is C11H10ClNO. The summed E-state index contributed by atoms with van der Waals surface area (Å²) in [5, 5.41) is 1.73. The molecule has 0 atom stereocenters. The lowest BCUT2D eigenvalue weighted by molar-refractivity contribution is 0.111.